The minimum Gasteiger partial charge on any atom is -0.496 e. The molecule has 0 saturated carbocycles. The maximum Gasteiger partial charge on any atom is 0.138 e. The summed E-state index contributed by atoms with van der Waals surface area (Å²) < 4.78 is 19.4. The monoisotopic (exact) mass is 415 g/mol. The molecule has 0 fully saturated rings. The maximum atomic E-state index is 14.0. The van der Waals surface area contributed by atoms with Gasteiger partial charge in [-0.05, 0) is 60.9 Å². The zero-order valence-electron chi connectivity index (χ0n) is 17.4. The molecule has 4 heterocycles. The van der Waals surface area contributed by atoms with Gasteiger partial charge in [0.25, 0.3) is 0 Å². The van der Waals surface area contributed by atoms with Crippen molar-refractivity contribution in [2.75, 3.05) is 25.1 Å². The minimum atomic E-state index is -0.299. The molecule has 31 heavy (non-hydrogen) atoms. The van der Waals surface area contributed by atoms with E-state index in [1.807, 2.05) is 19.1 Å². The number of benzene rings is 1. The lowest BCUT2D eigenvalue weighted by Gasteiger charge is -2.27. The van der Waals surface area contributed by atoms with E-state index in [4.69, 9.17) is 4.74 Å². The van der Waals surface area contributed by atoms with E-state index in [-0.39, 0.29) is 5.82 Å². The van der Waals surface area contributed by atoms with E-state index >= 15 is 0 Å². The maximum absolute atomic E-state index is 14.0. The molecule has 0 spiro atoms. The fourth-order valence-electron chi connectivity index (χ4n) is 4.07. The second-order valence-electron chi connectivity index (χ2n) is 7.54. The van der Waals surface area contributed by atoms with E-state index in [0.29, 0.717) is 11.3 Å². The molecule has 0 aliphatic carbocycles. The summed E-state index contributed by atoms with van der Waals surface area (Å²) in [5, 5.41) is 0.941. The molecule has 0 saturated heterocycles. The van der Waals surface area contributed by atoms with Crippen LogP contribution in [0, 0.1) is 12.7 Å². The number of fused-ring (bicyclic) bond motifs is 1. The van der Waals surface area contributed by atoms with Crippen molar-refractivity contribution in [3.63, 3.8) is 0 Å². The van der Waals surface area contributed by atoms with Gasteiger partial charge in [0.05, 0.1) is 7.11 Å². The molecule has 1 N–H and O–H groups in total. The summed E-state index contributed by atoms with van der Waals surface area (Å²) in [5.41, 5.74) is 4.64. The number of ether oxygens (including phenoxy) is 1. The van der Waals surface area contributed by atoms with E-state index in [0.717, 1.165) is 53.4 Å². The Labute approximate surface area is 179 Å². The van der Waals surface area contributed by atoms with E-state index in [1.165, 1.54) is 17.7 Å². The molecule has 0 radical (unpaired) electrons. The van der Waals surface area contributed by atoms with Crippen molar-refractivity contribution in [1.82, 2.24) is 19.9 Å². The molecule has 7 heteroatoms. The highest BCUT2D eigenvalue weighted by atomic mass is 19.1. The number of hydrogen-bond acceptors (Lipinski definition) is 5. The number of halogens is 1. The van der Waals surface area contributed by atoms with Gasteiger partial charge in [-0.1, -0.05) is 6.08 Å². The summed E-state index contributed by atoms with van der Waals surface area (Å²) in [6, 6.07) is 10.5. The van der Waals surface area contributed by atoms with Crippen molar-refractivity contribution in [1.29, 1.82) is 0 Å². The van der Waals surface area contributed by atoms with E-state index in [2.05, 4.69) is 37.0 Å². The number of methoxy groups -OCH3 is 1. The molecule has 0 bridgehead atoms. The molecule has 6 nitrogen and oxygen atoms in total. The zero-order valence-corrected chi connectivity index (χ0v) is 17.4. The summed E-state index contributed by atoms with van der Waals surface area (Å²) >= 11 is 0. The van der Waals surface area contributed by atoms with Crippen molar-refractivity contribution in [2.45, 2.75) is 13.3 Å². The minimum absolute atomic E-state index is 0.299. The third-order valence-electron chi connectivity index (χ3n) is 5.62. The number of H-pyrrole nitrogens is 1. The van der Waals surface area contributed by atoms with Gasteiger partial charge in [-0.15, -0.1) is 0 Å². The normalized spacial score (nSPS) is 14.0. The number of aromatic amines is 1. The summed E-state index contributed by atoms with van der Waals surface area (Å²) in [6.07, 6.45) is 6.63. The van der Waals surface area contributed by atoms with Crippen LogP contribution in [0.25, 0.3) is 27.7 Å². The zero-order chi connectivity index (χ0) is 21.4. The molecule has 4 aromatic rings. The number of anilines is 1. The van der Waals surface area contributed by atoms with Crippen LogP contribution < -0.4 is 9.64 Å². The topological polar surface area (TPSA) is 66.9 Å². The first kappa shape index (κ1) is 19.2. The van der Waals surface area contributed by atoms with Crippen LogP contribution in [0.3, 0.4) is 0 Å². The highest BCUT2D eigenvalue weighted by Crippen LogP contribution is 2.36. The van der Waals surface area contributed by atoms with Gasteiger partial charge in [-0.25, -0.2) is 19.3 Å². The third kappa shape index (κ3) is 3.63. The Balaban J connectivity index is 1.49. The molecule has 5 rings (SSSR count). The van der Waals surface area contributed by atoms with Gasteiger partial charge in [-0.2, -0.15) is 0 Å². The Morgan fingerprint density at radius 3 is 2.71 bits per heavy atom. The van der Waals surface area contributed by atoms with E-state index < -0.39 is 0 Å². The van der Waals surface area contributed by atoms with Crippen LogP contribution in [-0.4, -0.2) is 40.1 Å². The lowest BCUT2D eigenvalue weighted by atomic mass is 10.0. The van der Waals surface area contributed by atoms with Crippen LogP contribution in [0.15, 0.2) is 54.9 Å². The quantitative estimate of drug-likeness (QED) is 0.520. The average molecular weight is 415 g/mol. The first-order valence-electron chi connectivity index (χ1n) is 10.2. The van der Waals surface area contributed by atoms with Crippen molar-refractivity contribution >= 4 is 22.4 Å². The third-order valence-corrected chi connectivity index (χ3v) is 5.62. The van der Waals surface area contributed by atoms with E-state index in [9.17, 15) is 4.39 Å². The predicted octanol–water partition coefficient (Wildman–Crippen LogP) is 4.77. The molecule has 156 valence electrons. The van der Waals surface area contributed by atoms with Gasteiger partial charge < -0.3 is 14.6 Å². The standard InChI is InChI=1S/C24H22FN5O/c1-15-26-10-6-23(28-15)30-11-7-16(8-12-30)21-14-20-18(5-9-27-24(20)29-21)19-13-17(25)3-4-22(19)31-2/h3-7,9-10,13-14H,8,11-12H2,1-2H3,(H,27,29). The van der Waals surface area contributed by atoms with Crippen molar-refractivity contribution in [2.24, 2.45) is 0 Å². The number of hydrogen-bond donors (Lipinski definition) is 1. The van der Waals surface area contributed by atoms with Crippen LogP contribution in [0.2, 0.25) is 0 Å². The van der Waals surface area contributed by atoms with Gasteiger partial charge in [-0.3, -0.25) is 0 Å². The molecule has 0 atom stereocenters. The lowest BCUT2D eigenvalue weighted by molar-refractivity contribution is 0.415. The summed E-state index contributed by atoms with van der Waals surface area (Å²) in [6.45, 7) is 3.55. The van der Waals surface area contributed by atoms with E-state index in [1.54, 1.807) is 25.6 Å². The number of aromatic nitrogens is 4. The second-order valence-corrected chi connectivity index (χ2v) is 7.54. The van der Waals surface area contributed by atoms with Gasteiger partial charge in [0.2, 0.25) is 0 Å². The van der Waals surface area contributed by atoms with Crippen molar-refractivity contribution in [3.05, 3.63) is 72.2 Å². The van der Waals surface area contributed by atoms with Gasteiger partial charge >= 0.3 is 0 Å². The first-order valence-corrected chi connectivity index (χ1v) is 10.2. The fourth-order valence-corrected chi connectivity index (χ4v) is 4.07. The summed E-state index contributed by atoms with van der Waals surface area (Å²) in [7, 11) is 1.59. The predicted molar refractivity (Wildman–Crippen MR) is 120 cm³/mol. The Morgan fingerprint density at radius 2 is 1.94 bits per heavy atom. The highest BCUT2D eigenvalue weighted by Gasteiger charge is 2.18. The Morgan fingerprint density at radius 1 is 1.06 bits per heavy atom. The molecule has 0 amide bonds. The van der Waals surface area contributed by atoms with Crippen LogP contribution in [0.5, 0.6) is 5.75 Å². The Bertz CT molecular complexity index is 1300. The lowest BCUT2D eigenvalue weighted by Crippen LogP contribution is -2.29. The van der Waals surface area contributed by atoms with Crippen LogP contribution in [0.1, 0.15) is 17.9 Å². The first-order chi connectivity index (χ1) is 15.1. The molecule has 3 aromatic heterocycles. The molecule has 0 unspecified atom stereocenters. The molecular formula is C24H22FN5O. The second kappa shape index (κ2) is 7.83. The van der Waals surface area contributed by atoms with Crippen LogP contribution >= 0.6 is 0 Å². The SMILES string of the molecule is COc1ccc(F)cc1-c1ccnc2[nH]c(C3=CCN(c4ccnc(C)n4)CC3)cc12. The number of pyridine rings is 1. The highest BCUT2D eigenvalue weighted by molar-refractivity contribution is 5.96. The molecule has 1 aromatic carbocycles. The van der Waals surface area contributed by atoms with Gasteiger partial charge in [0, 0.05) is 42.1 Å². The van der Waals surface area contributed by atoms with Gasteiger partial charge in [0.15, 0.2) is 0 Å². The van der Waals surface area contributed by atoms with Gasteiger partial charge in [0.1, 0.15) is 28.9 Å². The number of nitrogens with one attached hydrogen (secondary N) is 1. The largest absolute Gasteiger partial charge is 0.496 e. The summed E-state index contributed by atoms with van der Waals surface area (Å²) in [5.74, 6) is 2.05. The van der Waals surface area contributed by atoms with Crippen molar-refractivity contribution < 1.29 is 9.13 Å². The number of nitrogens with zero attached hydrogens (tertiary/aromatic N) is 4. The smallest absolute Gasteiger partial charge is 0.138 e. The fraction of sp³-hybridized carbons (Fsp3) is 0.208. The average Bonchev–Trinajstić information content (AvgIpc) is 3.24. The van der Waals surface area contributed by atoms with Crippen molar-refractivity contribution in [3.8, 4) is 16.9 Å². The van der Waals surface area contributed by atoms with Crippen LogP contribution in [0.4, 0.5) is 10.2 Å². The summed E-state index contributed by atoms with van der Waals surface area (Å²) in [4.78, 5) is 18.9. The molecule has 1 aliphatic rings. The molecular weight excluding hydrogens is 393 g/mol. The number of rotatable bonds is 4. The molecule has 1 aliphatic heterocycles. The van der Waals surface area contributed by atoms with Crippen LogP contribution in [-0.2, 0) is 0 Å². The Hall–Kier alpha value is -3.74. The number of aryl methyl sites for hydroxylation is 1. The Kier molecular flexibility index (Phi) is 4.86.